The molecule has 0 spiro atoms. The zero-order valence-electron chi connectivity index (χ0n) is 22.0. The lowest BCUT2D eigenvalue weighted by Gasteiger charge is -2.13. The Labute approximate surface area is 245 Å². The number of nitrogens with one attached hydrogen (secondary N) is 4. The maximum absolute atomic E-state index is 13.5. The van der Waals surface area contributed by atoms with Crippen LogP contribution in [-0.2, 0) is 19.2 Å². The highest BCUT2D eigenvalue weighted by Gasteiger charge is 2.34. The summed E-state index contributed by atoms with van der Waals surface area (Å²) in [5.74, 6) is -8.21. The van der Waals surface area contributed by atoms with Crippen molar-refractivity contribution in [1.82, 2.24) is 24.8 Å². The number of imide groups is 3. The van der Waals surface area contributed by atoms with Gasteiger partial charge in [-0.3, -0.25) is 4.79 Å². The number of rotatable bonds is 5. The van der Waals surface area contributed by atoms with Crippen LogP contribution in [0.5, 0.6) is 0 Å². The van der Waals surface area contributed by atoms with E-state index in [1.165, 1.54) is 18.2 Å². The van der Waals surface area contributed by atoms with Gasteiger partial charge in [-0.05, 0) is 42.5 Å². The molecule has 5 rings (SSSR count). The normalized spacial score (nSPS) is 12.5. The molecule has 1 aliphatic rings. The third-order valence-corrected chi connectivity index (χ3v) is 6.68. The summed E-state index contributed by atoms with van der Waals surface area (Å²) in [7, 11) is 0. The van der Waals surface area contributed by atoms with Gasteiger partial charge in [0.15, 0.2) is 0 Å². The highest BCUT2D eigenvalue weighted by Crippen LogP contribution is 2.20. The molecule has 18 nitrogen and oxygen atoms in total. The van der Waals surface area contributed by atoms with Gasteiger partial charge in [0.2, 0.25) is 0 Å². The first-order chi connectivity index (χ1) is 21.2. The third kappa shape index (κ3) is 4.88. The standard InChI is InChI=1S/C27H17N5O13/c33-21(32(26(42)43)27(44)45)16-9-1-2-10(28-9)17(23(36)37)11-3-4-12(29-11)18(24(38)39)13-5-6-14(30-13)19(25(40)41)20-8(22(34)35)7-15(16)31-20/h1-7,28-31H,(H,34,35)(H,36,37)(H,38,39)(H,40,41)(H,42,43)(H,44,45). The van der Waals surface area contributed by atoms with Gasteiger partial charge in [0.1, 0.15) is 16.7 Å². The van der Waals surface area contributed by atoms with E-state index in [1.54, 1.807) is 0 Å². The van der Waals surface area contributed by atoms with E-state index < -0.39 is 91.1 Å². The number of carboxylic acid groups (broad SMARTS) is 6. The molecule has 0 saturated carbocycles. The molecular formula is C27H17N5O13. The quantitative estimate of drug-likeness (QED) is 0.119. The topological polar surface area (TPSA) is 307 Å². The largest absolute Gasteiger partial charge is 0.478 e. The third-order valence-electron chi connectivity index (χ3n) is 6.68. The summed E-state index contributed by atoms with van der Waals surface area (Å²) in [6.45, 7) is 0. The van der Waals surface area contributed by atoms with E-state index in [-0.39, 0.29) is 27.8 Å². The number of amides is 3. The minimum atomic E-state index is -2.23. The van der Waals surface area contributed by atoms with E-state index in [0.29, 0.717) is 0 Å². The number of aromatic amines is 4. The molecule has 8 bridgehead atoms. The molecule has 10 N–H and O–H groups in total. The fourth-order valence-electron chi connectivity index (χ4n) is 4.87. The second-order valence-electron chi connectivity index (χ2n) is 9.26. The average Bonchev–Trinajstić information content (AvgIpc) is 3.73. The van der Waals surface area contributed by atoms with Gasteiger partial charge in [0, 0.05) is 0 Å². The van der Waals surface area contributed by atoms with Gasteiger partial charge in [0.25, 0.3) is 5.91 Å². The summed E-state index contributed by atoms with van der Waals surface area (Å²) in [5.41, 5.74) is -4.36. The molecule has 18 heteroatoms. The van der Waals surface area contributed by atoms with Crippen LogP contribution in [0.25, 0.3) is 22.3 Å². The molecule has 228 valence electrons. The molecular weight excluding hydrogens is 602 g/mol. The molecule has 0 saturated heterocycles. The van der Waals surface area contributed by atoms with Crippen LogP contribution < -0.4 is 21.4 Å². The highest BCUT2D eigenvalue weighted by atomic mass is 16.4. The predicted octanol–water partition coefficient (Wildman–Crippen LogP) is -1.75. The molecule has 5 heterocycles. The van der Waals surface area contributed by atoms with Gasteiger partial charge >= 0.3 is 36.1 Å². The molecule has 1 aliphatic heterocycles. The van der Waals surface area contributed by atoms with Crippen LogP contribution >= 0.6 is 0 Å². The fourth-order valence-corrected chi connectivity index (χ4v) is 4.87. The van der Waals surface area contributed by atoms with Gasteiger partial charge in [-0.25, -0.2) is 28.8 Å². The number of carboxylic acids is 4. The lowest BCUT2D eigenvalue weighted by atomic mass is 10.1. The van der Waals surface area contributed by atoms with Crippen LogP contribution in [0.3, 0.4) is 0 Å². The summed E-state index contributed by atoms with van der Waals surface area (Å²) in [4.78, 5) is 96.1. The molecule has 0 radical (unpaired) electrons. The molecule has 0 atom stereocenters. The molecule has 4 aromatic heterocycles. The van der Waals surface area contributed by atoms with Crippen molar-refractivity contribution in [2.24, 2.45) is 0 Å². The van der Waals surface area contributed by atoms with E-state index in [4.69, 9.17) is 0 Å². The first-order valence-electron chi connectivity index (χ1n) is 12.3. The van der Waals surface area contributed by atoms with Crippen molar-refractivity contribution in [2.75, 3.05) is 0 Å². The monoisotopic (exact) mass is 619 g/mol. The summed E-state index contributed by atoms with van der Waals surface area (Å²) in [6.07, 6.45) is -4.47. The number of fused-ring (bicyclic) bond motifs is 8. The van der Waals surface area contributed by atoms with E-state index in [2.05, 4.69) is 19.9 Å². The Hall–Kier alpha value is -7.11. The fraction of sp³-hybridized carbons (Fsp3) is 0. The number of hydrogen-bond donors (Lipinski definition) is 10. The lowest BCUT2D eigenvalue weighted by Crippen LogP contribution is -2.42. The van der Waals surface area contributed by atoms with Gasteiger partial charge in [0.05, 0.1) is 55.3 Å². The van der Waals surface area contributed by atoms with Crippen LogP contribution in [0.2, 0.25) is 0 Å². The van der Waals surface area contributed by atoms with E-state index in [1.807, 2.05) is 0 Å². The number of carbonyl (C=O) groups is 7. The Balaban J connectivity index is 2.06. The van der Waals surface area contributed by atoms with Crippen molar-refractivity contribution in [3.8, 4) is 0 Å². The Bertz CT molecular complexity index is 2260. The van der Waals surface area contributed by atoms with Crippen molar-refractivity contribution in [2.45, 2.75) is 0 Å². The molecule has 0 aliphatic carbocycles. The van der Waals surface area contributed by atoms with E-state index in [0.717, 1.165) is 24.3 Å². The number of hydrogen-bond acceptors (Lipinski definition) is 7. The Morgan fingerprint density at radius 3 is 1.29 bits per heavy atom. The minimum absolute atomic E-state index is 0.116. The maximum atomic E-state index is 13.5. The van der Waals surface area contributed by atoms with Gasteiger partial charge in [-0.2, -0.15) is 0 Å². The van der Waals surface area contributed by atoms with Gasteiger partial charge < -0.3 is 50.6 Å². The first kappa shape index (κ1) is 29.4. The van der Waals surface area contributed by atoms with Crippen molar-refractivity contribution in [3.63, 3.8) is 0 Å². The van der Waals surface area contributed by atoms with Crippen molar-refractivity contribution in [3.05, 3.63) is 92.2 Å². The van der Waals surface area contributed by atoms with Crippen LogP contribution in [0, 0.1) is 0 Å². The van der Waals surface area contributed by atoms with E-state index in [9.17, 15) is 64.2 Å². The second kappa shape index (κ2) is 10.6. The zero-order chi connectivity index (χ0) is 32.9. The van der Waals surface area contributed by atoms with Gasteiger partial charge in [-0.15, -0.1) is 4.90 Å². The second-order valence-corrected chi connectivity index (χ2v) is 9.26. The molecule has 45 heavy (non-hydrogen) atoms. The number of H-pyrrole nitrogens is 4. The Morgan fingerprint density at radius 1 is 0.467 bits per heavy atom. The number of aliphatic carboxylic acids is 3. The summed E-state index contributed by atoms with van der Waals surface area (Å²) in [5, 5.41) is 57.6. The van der Waals surface area contributed by atoms with Crippen LogP contribution in [0.4, 0.5) is 9.59 Å². The van der Waals surface area contributed by atoms with Crippen molar-refractivity contribution >= 4 is 64.3 Å². The molecule has 0 aromatic carbocycles. The zero-order valence-corrected chi connectivity index (χ0v) is 22.0. The Morgan fingerprint density at radius 2 is 0.889 bits per heavy atom. The molecule has 4 aromatic rings. The predicted molar refractivity (Wildman–Crippen MR) is 144 cm³/mol. The SMILES string of the molecule is O=C(O)C1=c2ccc([nH]2)=C(C(=O)O)c2ccc([nH]2)C(C(=O)O)=c2[nH]c(cc2C(=O)O)=C(C(=O)N(C(=O)O)C(=O)O)c2ccc1[nH]2. The van der Waals surface area contributed by atoms with Crippen LogP contribution in [0.15, 0.2) is 42.5 Å². The average molecular weight is 619 g/mol. The summed E-state index contributed by atoms with van der Waals surface area (Å²) >= 11 is 0. The molecule has 3 amide bonds. The Kier molecular flexibility index (Phi) is 6.93. The minimum Gasteiger partial charge on any atom is -0.478 e. The summed E-state index contributed by atoms with van der Waals surface area (Å²) < 4.78 is 0. The molecule has 0 unspecified atom stereocenters. The van der Waals surface area contributed by atoms with Crippen molar-refractivity contribution in [1.29, 1.82) is 0 Å². The number of aromatic carboxylic acids is 1. The lowest BCUT2D eigenvalue weighted by molar-refractivity contribution is -0.131. The number of carbonyl (C=O) groups excluding carboxylic acids is 1. The van der Waals surface area contributed by atoms with Gasteiger partial charge in [-0.1, -0.05) is 0 Å². The highest BCUT2D eigenvalue weighted by molar-refractivity contribution is 6.27. The molecule has 0 fully saturated rings. The van der Waals surface area contributed by atoms with Crippen LogP contribution in [-0.4, -0.2) is 97.4 Å². The van der Waals surface area contributed by atoms with Crippen molar-refractivity contribution < 1.29 is 64.2 Å². The summed E-state index contributed by atoms with van der Waals surface area (Å²) in [6, 6.07) is 7.75. The van der Waals surface area contributed by atoms with Crippen LogP contribution in [0.1, 0.15) is 33.1 Å². The smallest absolute Gasteiger partial charge is 0.424 e. The first-order valence-corrected chi connectivity index (χ1v) is 12.3. The maximum Gasteiger partial charge on any atom is 0.424 e. The number of aromatic nitrogens is 4. The number of nitrogens with zero attached hydrogens (tertiary/aromatic N) is 1. The van der Waals surface area contributed by atoms with E-state index >= 15 is 0 Å².